The summed E-state index contributed by atoms with van der Waals surface area (Å²) in [6.45, 7) is 3.74. The minimum Gasteiger partial charge on any atom is -0.463 e. The molecule has 1 aliphatic heterocycles. The van der Waals surface area contributed by atoms with Gasteiger partial charge in [0.25, 0.3) is 0 Å². The summed E-state index contributed by atoms with van der Waals surface area (Å²) in [4.78, 5) is 12.5. The topological polar surface area (TPSA) is 81.3 Å². The Morgan fingerprint density at radius 1 is 1.44 bits per heavy atom. The molecule has 142 valence electrons. The van der Waals surface area contributed by atoms with Crippen LogP contribution < -0.4 is 5.32 Å². The van der Waals surface area contributed by atoms with E-state index >= 15 is 0 Å². The molecule has 2 N–H and O–H groups in total. The van der Waals surface area contributed by atoms with Crippen LogP contribution >= 0.6 is 35.6 Å². The number of urea groups is 1. The molecule has 0 bridgehead atoms. The van der Waals surface area contributed by atoms with Crippen molar-refractivity contribution in [2.24, 2.45) is 5.10 Å². The number of hydrogen-bond acceptors (Lipinski definition) is 6. The summed E-state index contributed by atoms with van der Waals surface area (Å²) in [5.74, 6) is 0.529. The lowest BCUT2D eigenvalue weighted by Gasteiger charge is -2.34. The number of thiocarbonyl (C=S) groups is 1. The van der Waals surface area contributed by atoms with E-state index in [1.54, 1.807) is 36.4 Å². The number of thioether (sulfide) groups is 1. The van der Waals surface area contributed by atoms with E-state index in [4.69, 9.17) is 28.2 Å². The molecule has 1 aliphatic rings. The van der Waals surface area contributed by atoms with Crippen molar-refractivity contribution in [2.45, 2.75) is 24.8 Å². The maximum Gasteiger partial charge on any atom is 0.347 e. The number of halogens is 1. The van der Waals surface area contributed by atoms with Crippen molar-refractivity contribution in [3.63, 3.8) is 0 Å². The smallest absolute Gasteiger partial charge is 0.347 e. The van der Waals surface area contributed by atoms with Crippen LogP contribution in [-0.2, 0) is 0 Å². The molecule has 0 aliphatic carbocycles. The average Bonchev–Trinajstić information content (AvgIpc) is 3.19. The number of carbonyl (C=O) groups excluding carboxylic acids is 1. The first-order chi connectivity index (χ1) is 12.8. The molecule has 2 aromatic rings. The molecule has 3 rings (SSSR count). The number of anilines is 1. The Balaban J connectivity index is 1.80. The van der Waals surface area contributed by atoms with Crippen molar-refractivity contribution < 1.29 is 14.4 Å². The lowest BCUT2D eigenvalue weighted by Crippen LogP contribution is -2.54. The number of rotatable bonds is 4. The van der Waals surface area contributed by atoms with Crippen molar-refractivity contribution in [3.8, 4) is 0 Å². The molecule has 1 atom stereocenters. The number of nitrogens with one attached hydrogen (secondary N) is 1. The Kier molecular flexibility index (Phi) is 5.75. The molecule has 10 heteroatoms. The second-order valence-corrected chi connectivity index (χ2v) is 8.96. The van der Waals surface area contributed by atoms with Gasteiger partial charge in [0.15, 0.2) is 10.5 Å². The van der Waals surface area contributed by atoms with Gasteiger partial charge < -0.3 is 9.73 Å². The molecule has 1 aromatic carbocycles. The molecular formula is C17H17ClN4O3S2. The molecule has 1 saturated heterocycles. The monoisotopic (exact) mass is 424 g/mol. The normalized spacial score (nSPS) is 18.9. The van der Waals surface area contributed by atoms with Crippen molar-refractivity contribution in [1.82, 2.24) is 10.1 Å². The van der Waals surface area contributed by atoms with Crippen LogP contribution in [0.3, 0.4) is 0 Å². The zero-order valence-electron chi connectivity index (χ0n) is 14.5. The first kappa shape index (κ1) is 19.7. The molecule has 0 spiro atoms. The number of carbonyl (C=O) groups is 1. The predicted molar refractivity (Wildman–Crippen MR) is 110 cm³/mol. The van der Waals surface area contributed by atoms with Gasteiger partial charge in [-0.1, -0.05) is 35.6 Å². The summed E-state index contributed by atoms with van der Waals surface area (Å²) in [6, 6.07) is 9.32. The number of benzene rings is 1. The number of amides is 2. The third-order valence-electron chi connectivity index (χ3n) is 3.78. The third kappa shape index (κ3) is 4.44. The molecule has 7 nitrogen and oxygen atoms in total. The Morgan fingerprint density at radius 3 is 2.78 bits per heavy atom. The number of furan rings is 1. The highest BCUT2D eigenvalue weighted by atomic mass is 35.5. The summed E-state index contributed by atoms with van der Waals surface area (Å²) in [7, 11) is 0. The average molecular weight is 425 g/mol. The van der Waals surface area contributed by atoms with E-state index in [-0.39, 0.29) is 0 Å². The van der Waals surface area contributed by atoms with E-state index in [0.717, 1.165) is 0 Å². The highest BCUT2D eigenvalue weighted by molar-refractivity contribution is 8.24. The SMILES string of the molecule is CC1(C)SC(=S)N(/N=C/c2ccco2)C1N(O)C(=O)Nc1ccc(Cl)cc1. The van der Waals surface area contributed by atoms with E-state index < -0.39 is 16.9 Å². The summed E-state index contributed by atoms with van der Waals surface area (Å²) >= 11 is 12.6. The molecule has 1 aromatic heterocycles. The highest BCUT2D eigenvalue weighted by Gasteiger charge is 2.50. The van der Waals surface area contributed by atoms with Crippen LogP contribution in [0.4, 0.5) is 10.5 Å². The van der Waals surface area contributed by atoms with Gasteiger partial charge in [-0.2, -0.15) is 10.2 Å². The Bertz CT molecular complexity index is 856. The van der Waals surface area contributed by atoms with Crippen LogP contribution in [0.5, 0.6) is 0 Å². The maximum absolute atomic E-state index is 12.5. The van der Waals surface area contributed by atoms with Crippen molar-refractivity contribution in [3.05, 3.63) is 53.4 Å². The number of hydrogen-bond donors (Lipinski definition) is 2. The number of hydrazone groups is 1. The standard InChI is InChI=1S/C17H17ClN4O3S2/c1-17(2)14(21(16(26)27-17)19-10-13-4-3-9-25-13)22(24)15(23)20-12-7-5-11(18)6-8-12/h3-10,14,24H,1-2H3,(H,20,23)/b19-10+. The van der Waals surface area contributed by atoms with E-state index in [1.807, 2.05) is 13.8 Å². The maximum atomic E-state index is 12.5. The first-order valence-corrected chi connectivity index (χ1v) is 9.52. The molecular weight excluding hydrogens is 408 g/mol. The molecule has 0 radical (unpaired) electrons. The minimum absolute atomic E-state index is 0.436. The summed E-state index contributed by atoms with van der Waals surface area (Å²) in [6.07, 6.45) is 2.19. The van der Waals surface area contributed by atoms with Gasteiger partial charge in [-0.3, -0.25) is 5.21 Å². The zero-order chi connectivity index (χ0) is 19.6. The van der Waals surface area contributed by atoms with Gasteiger partial charge >= 0.3 is 6.03 Å². The fraction of sp³-hybridized carbons (Fsp3) is 0.235. The summed E-state index contributed by atoms with van der Waals surface area (Å²) in [5, 5.41) is 20.1. The largest absolute Gasteiger partial charge is 0.463 e. The molecule has 1 unspecified atom stereocenters. The Hall–Kier alpha value is -2.07. The van der Waals surface area contributed by atoms with E-state index in [9.17, 15) is 10.0 Å². The first-order valence-electron chi connectivity index (χ1n) is 7.92. The quantitative estimate of drug-likeness (QED) is 0.322. The van der Waals surface area contributed by atoms with Gasteiger partial charge in [0, 0.05) is 10.7 Å². The zero-order valence-corrected chi connectivity index (χ0v) is 16.9. The minimum atomic E-state index is -0.812. The van der Waals surface area contributed by atoms with Gasteiger partial charge in [0.2, 0.25) is 0 Å². The van der Waals surface area contributed by atoms with Crippen LogP contribution in [0.2, 0.25) is 5.02 Å². The second kappa shape index (κ2) is 7.89. The third-order valence-corrected chi connectivity index (χ3v) is 5.57. The van der Waals surface area contributed by atoms with Gasteiger partial charge in [0.1, 0.15) is 5.76 Å². The fourth-order valence-electron chi connectivity index (χ4n) is 2.54. The molecule has 2 amide bonds. The van der Waals surface area contributed by atoms with Gasteiger partial charge in [-0.05, 0) is 50.2 Å². The summed E-state index contributed by atoms with van der Waals surface area (Å²) in [5.41, 5.74) is 0.500. The van der Waals surface area contributed by atoms with Crippen LogP contribution in [0.15, 0.2) is 52.2 Å². The van der Waals surface area contributed by atoms with Gasteiger partial charge in [-0.25, -0.2) is 9.80 Å². The Morgan fingerprint density at radius 2 is 2.15 bits per heavy atom. The molecule has 0 saturated carbocycles. The van der Waals surface area contributed by atoms with Crippen molar-refractivity contribution >= 4 is 57.8 Å². The van der Waals surface area contributed by atoms with E-state index in [1.165, 1.54) is 29.2 Å². The lowest BCUT2D eigenvalue weighted by atomic mass is 10.1. The highest BCUT2D eigenvalue weighted by Crippen LogP contribution is 2.42. The van der Waals surface area contributed by atoms with E-state index in [2.05, 4.69) is 10.4 Å². The number of hydroxylamine groups is 2. The molecule has 27 heavy (non-hydrogen) atoms. The lowest BCUT2D eigenvalue weighted by molar-refractivity contribution is -0.114. The second-order valence-electron chi connectivity index (χ2n) is 6.23. The Labute approximate surface area is 170 Å². The van der Waals surface area contributed by atoms with Crippen LogP contribution in [0.1, 0.15) is 19.6 Å². The van der Waals surface area contributed by atoms with Crippen LogP contribution in [0.25, 0.3) is 0 Å². The predicted octanol–water partition coefficient (Wildman–Crippen LogP) is 4.63. The fourth-order valence-corrected chi connectivity index (χ4v) is 4.45. The summed E-state index contributed by atoms with van der Waals surface area (Å²) < 4.78 is 5.06. The van der Waals surface area contributed by atoms with Crippen LogP contribution in [0, 0.1) is 0 Å². The molecule has 2 heterocycles. The number of nitrogens with zero attached hydrogens (tertiary/aromatic N) is 3. The molecule has 1 fully saturated rings. The van der Waals surface area contributed by atoms with Gasteiger partial charge in [0.05, 0.1) is 17.2 Å². The van der Waals surface area contributed by atoms with E-state index in [0.29, 0.717) is 25.9 Å². The van der Waals surface area contributed by atoms with Crippen molar-refractivity contribution in [1.29, 1.82) is 0 Å². The van der Waals surface area contributed by atoms with Crippen LogP contribution in [-0.4, -0.2) is 42.8 Å². The van der Waals surface area contributed by atoms with Crippen molar-refractivity contribution in [2.75, 3.05) is 5.32 Å². The van der Waals surface area contributed by atoms with Gasteiger partial charge in [-0.15, -0.1) is 0 Å².